The van der Waals surface area contributed by atoms with Crippen molar-refractivity contribution in [2.45, 2.75) is 0 Å². The first kappa shape index (κ1) is 28.6. The third kappa shape index (κ3) is 3.94. The van der Waals surface area contributed by atoms with Gasteiger partial charge in [0, 0.05) is 43.4 Å². The van der Waals surface area contributed by atoms with E-state index in [1.54, 1.807) is 0 Å². The lowest BCUT2D eigenvalue weighted by atomic mass is 9.95. The van der Waals surface area contributed by atoms with Gasteiger partial charge in [0.2, 0.25) is 0 Å². The van der Waals surface area contributed by atoms with Crippen LogP contribution in [-0.2, 0) is 0 Å². The van der Waals surface area contributed by atoms with Gasteiger partial charge in [0.05, 0.1) is 27.8 Å². The molecule has 0 aliphatic heterocycles. The molecule has 9 aromatic carbocycles. The number of furan rings is 1. The van der Waals surface area contributed by atoms with Crippen LogP contribution in [0.4, 0.5) is 0 Å². The summed E-state index contributed by atoms with van der Waals surface area (Å²) in [6.07, 6.45) is 0. The first-order valence-corrected chi connectivity index (χ1v) is 18.2. The molecule has 0 N–H and O–H groups in total. The first-order valence-electron chi connectivity index (χ1n) is 18.2. The van der Waals surface area contributed by atoms with E-state index in [9.17, 15) is 0 Å². The van der Waals surface area contributed by atoms with Crippen LogP contribution in [0.1, 0.15) is 0 Å². The molecule has 0 unspecified atom stereocenters. The van der Waals surface area contributed by atoms with Gasteiger partial charge >= 0.3 is 0 Å². The Morgan fingerprint density at radius 1 is 0.340 bits per heavy atom. The molecular formula is C50H30N2O. The Morgan fingerprint density at radius 3 is 1.70 bits per heavy atom. The van der Waals surface area contributed by atoms with E-state index in [1.807, 2.05) is 6.07 Å². The van der Waals surface area contributed by atoms with Gasteiger partial charge in [0.15, 0.2) is 5.58 Å². The molecule has 0 amide bonds. The van der Waals surface area contributed by atoms with Crippen LogP contribution in [0.25, 0.3) is 110 Å². The molecule has 12 aromatic rings. The zero-order valence-electron chi connectivity index (χ0n) is 28.6. The van der Waals surface area contributed by atoms with Crippen LogP contribution < -0.4 is 0 Å². The Morgan fingerprint density at radius 2 is 0.906 bits per heavy atom. The second-order valence-corrected chi connectivity index (χ2v) is 14.1. The van der Waals surface area contributed by atoms with Crippen LogP contribution in [0, 0.1) is 0 Å². The Labute approximate surface area is 304 Å². The second kappa shape index (κ2) is 10.7. The third-order valence-corrected chi connectivity index (χ3v) is 11.3. The molecule has 0 spiro atoms. The van der Waals surface area contributed by atoms with Gasteiger partial charge in [-0.2, -0.15) is 0 Å². The molecule has 12 rings (SSSR count). The first-order chi connectivity index (χ1) is 26.3. The lowest BCUT2D eigenvalue weighted by Gasteiger charge is -2.12. The summed E-state index contributed by atoms with van der Waals surface area (Å²) in [5.74, 6) is 0. The zero-order chi connectivity index (χ0) is 34.6. The zero-order valence-corrected chi connectivity index (χ0v) is 28.6. The van der Waals surface area contributed by atoms with Crippen LogP contribution in [0.15, 0.2) is 186 Å². The number of nitrogens with zero attached hydrogens (tertiary/aromatic N) is 2. The smallest absolute Gasteiger partial charge is 0.159 e. The van der Waals surface area contributed by atoms with Crippen molar-refractivity contribution < 1.29 is 4.42 Å². The number of aromatic nitrogens is 2. The topological polar surface area (TPSA) is 23.0 Å². The van der Waals surface area contributed by atoms with E-state index in [2.05, 4.69) is 185 Å². The summed E-state index contributed by atoms with van der Waals surface area (Å²) in [5.41, 5.74) is 11.2. The van der Waals surface area contributed by atoms with Crippen molar-refractivity contribution in [1.82, 2.24) is 9.13 Å². The van der Waals surface area contributed by atoms with E-state index < -0.39 is 0 Å². The molecule has 0 bridgehead atoms. The number of para-hydroxylation sites is 4. The SMILES string of the molecule is c1ccc(-n2c3ccc(-c4ccc5c(c4)c4ccccc4n5-c4cccc5c4oc4ccccc45)cc3c3c4ccccc4c4ccccc4c32)cc1. The highest BCUT2D eigenvalue weighted by atomic mass is 16.3. The maximum Gasteiger partial charge on any atom is 0.159 e. The predicted octanol–water partition coefficient (Wildman–Crippen LogP) is 13.8. The highest BCUT2D eigenvalue weighted by Gasteiger charge is 2.21. The van der Waals surface area contributed by atoms with Crippen molar-refractivity contribution >= 4 is 87.1 Å². The minimum absolute atomic E-state index is 0.903. The summed E-state index contributed by atoms with van der Waals surface area (Å²) in [6, 6.07) is 66.0. The average Bonchev–Trinajstić information content (AvgIpc) is 3.89. The molecule has 0 saturated heterocycles. The van der Waals surface area contributed by atoms with E-state index in [1.165, 1.54) is 65.3 Å². The monoisotopic (exact) mass is 674 g/mol. The van der Waals surface area contributed by atoms with Crippen molar-refractivity contribution in [3.63, 3.8) is 0 Å². The summed E-state index contributed by atoms with van der Waals surface area (Å²) in [6.45, 7) is 0. The standard InChI is InChI=1S/C50H30N2O/c1-2-13-33(14-3-1)51-45-28-26-32(30-42(45)48-38-19-6-4-15-34(38)35-16-5-7-20-39(35)49(48)51)31-25-27-44-41(29-31)36-17-8-10-22-43(36)52(44)46-23-12-21-40-37-18-9-11-24-47(37)53-50(40)46/h1-30H. The van der Waals surface area contributed by atoms with Crippen LogP contribution >= 0.6 is 0 Å². The minimum Gasteiger partial charge on any atom is -0.454 e. The molecule has 246 valence electrons. The molecule has 53 heavy (non-hydrogen) atoms. The summed E-state index contributed by atoms with van der Waals surface area (Å²) < 4.78 is 11.4. The van der Waals surface area contributed by atoms with E-state index in [-0.39, 0.29) is 0 Å². The van der Waals surface area contributed by atoms with E-state index in [0.717, 1.165) is 44.3 Å². The number of hydrogen-bond acceptors (Lipinski definition) is 1. The number of benzene rings is 9. The Kier molecular flexibility index (Phi) is 5.77. The van der Waals surface area contributed by atoms with E-state index in [4.69, 9.17) is 4.42 Å². The third-order valence-electron chi connectivity index (χ3n) is 11.3. The normalized spacial score (nSPS) is 12.2. The van der Waals surface area contributed by atoms with Gasteiger partial charge in [0.1, 0.15) is 5.58 Å². The summed E-state index contributed by atoms with van der Waals surface area (Å²) in [5, 5.41) is 12.3. The fraction of sp³-hybridized carbons (Fsp3) is 0. The quantitative estimate of drug-likeness (QED) is 0.171. The highest BCUT2D eigenvalue weighted by Crippen LogP contribution is 2.44. The number of hydrogen-bond donors (Lipinski definition) is 0. The minimum atomic E-state index is 0.903. The molecule has 3 nitrogen and oxygen atoms in total. The Hall–Kier alpha value is -7.10. The molecule has 3 heterocycles. The summed E-state index contributed by atoms with van der Waals surface area (Å²) >= 11 is 0. The van der Waals surface area contributed by atoms with Crippen molar-refractivity contribution in [1.29, 1.82) is 0 Å². The largest absolute Gasteiger partial charge is 0.454 e. The second-order valence-electron chi connectivity index (χ2n) is 14.1. The number of fused-ring (bicyclic) bond motifs is 14. The fourth-order valence-corrected chi connectivity index (χ4v) is 9.02. The summed E-state index contributed by atoms with van der Waals surface area (Å²) in [4.78, 5) is 0. The van der Waals surface area contributed by atoms with Crippen molar-refractivity contribution in [2.75, 3.05) is 0 Å². The fourth-order valence-electron chi connectivity index (χ4n) is 9.02. The summed E-state index contributed by atoms with van der Waals surface area (Å²) in [7, 11) is 0. The van der Waals surface area contributed by atoms with Gasteiger partial charge in [-0.15, -0.1) is 0 Å². The molecule has 0 aliphatic carbocycles. The Bertz CT molecular complexity index is 3450. The molecular weight excluding hydrogens is 645 g/mol. The molecule has 3 heteroatoms. The Balaban J connectivity index is 1.13. The average molecular weight is 675 g/mol. The maximum atomic E-state index is 6.54. The van der Waals surface area contributed by atoms with Crippen molar-refractivity contribution in [3.05, 3.63) is 182 Å². The number of rotatable bonds is 3. The molecule has 0 fully saturated rings. The maximum absolute atomic E-state index is 6.54. The van der Waals surface area contributed by atoms with Crippen LogP contribution in [0.3, 0.4) is 0 Å². The van der Waals surface area contributed by atoms with Gasteiger partial charge in [0.25, 0.3) is 0 Å². The molecule has 0 aliphatic rings. The van der Waals surface area contributed by atoms with Gasteiger partial charge in [-0.1, -0.05) is 127 Å². The molecule has 0 saturated carbocycles. The van der Waals surface area contributed by atoms with Crippen molar-refractivity contribution in [3.8, 4) is 22.5 Å². The predicted molar refractivity (Wildman–Crippen MR) is 223 cm³/mol. The van der Waals surface area contributed by atoms with E-state index in [0.29, 0.717) is 0 Å². The van der Waals surface area contributed by atoms with Crippen LogP contribution in [-0.4, -0.2) is 9.13 Å². The lowest BCUT2D eigenvalue weighted by Crippen LogP contribution is -1.94. The molecule has 0 atom stereocenters. The van der Waals surface area contributed by atoms with Crippen LogP contribution in [0.2, 0.25) is 0 Å². The van der Waals surface area contributed by atoms with Gasteiger partial charge in [-0.05, 0) is 81.9 Å². The van der Waals surface area contributed by atoms with Gasteiger partial charge < -0.3 is 13.6 Å². The highest BCUT2D eigenvalue weighted by molar-refractivity contribution is 6.32. The van der Waals surface area contributed by atoms with Gasteiger partial charge in [-0.3, -0.25) is 0 Å². The van der Waals surface area contributed by atoms with Gasteiger partial charge in [-0.25, -0.2) is 0 Å². The van der Waals surface area contributed by atoms with E-state index >= 15 is 0 Å². The molecule has 0 radical (unpaired) electrons. The molecule has 3 aromatic heterocycles. The van der Waals surface area contributed by atoms with Crippen molar-refractivity contribution in [2.24, 2.45) is 0 Å². The lowest BCUT2D eigenvalue weighted by molar-refractivity contribution is 0.666. The van der Waals surface area contributed by atoms with Crippen LogP contribution in [0.5, 0.6) is 0 Å².